The van der Waals surface area contributed by atoms with Gasteiger partial charge in [0.05, 0.1) is 6.26 Å². The Morgan fingerprint density at radius 3 is 2.51 bits per heavy atom. The van der Waals surface area contributed by atoms with Crippen LogP contribution in [0.4, 0.5) is 4.79 Å². The van der Waals surface area contributed by atoms with Crippen molar-refractivity contribution in [3.8, 4) is 0 Å². The molecule has 1 atom stereocenters. The number of amidine groups is 2. The molecule has 0 radical (unpaired) electrons. The summed E-state index contributed by atoms with van der Waals surface area (Å²) in [5.74, 6) is 1.01. The molecule has 0 bridgehead atoms. The van der Waals surface area contributed by atoms with E-state index in [1.165, 1.54) is 18.2 Å². The molecule has 1 aromatic carbocycles. The maximum absolute atomic E-state index is 13.2. The predicted octanol–water partition coefficient (Wildman–Crippen LogP) is 1.61. The average Bonchev–Trinajstić information content (AvgIpc) is 3.52. The van der Waals surface area contributed by atoms with Crippen molar-refractivity contribution in [2.75, 3.05) is 46.8 Å². The number of benzene rings is 1. The molecule has 11 heteroatoms. The number of fused-ring (bicyclic) bond motifs is 1. The lowest BCUT2D eigenvalue weighted by molar-refractivity contribution is -0.552. The molecule has 5 rings (SSSR count). The van der Waals surface area contributed by atoms with Gasteiger partial charge in [0.2, 0.25) is 0 Å². The Labute approximate surface area is 207 Å². The first-order chi connectivity index (χ1) is 16.8. The van der Waals surface area contributed by atoms with E-state index < -0.39 is 12.1 Å². The number of likely N-dealkylation sites (N-methyl/N-ethyl adjacent to an activating group) is 2. The van der Waals surface area contributed by atoms with Crippen LogP contribution in [0.5, 0.6) is 0 Å². The van der Waals surface area contributed by atoms with E-state index in [4.69, 9.17) is 21.0 Å². The van der Waals surface area contributed by atoms with E-state index in [9.17, 15) is 14.4 Å². The molecule has 35 heavy (non-hydrogen) atoms. The third-order valence-electron chi connectivity index (χ3n) is 6.67. The number of urea groups is 1. The Bertz CT molecular complexity index is 1230. The van der Waals surface area contributed by atoms with Gasteiger partial charge < -0.3 is 9.32 Å². The molecule has 0 N–H and O–H groups in total. The van der Waals surface area contributed by atoms with Crippen molar-refractivity contribution in [2.24, 2.45) is 4.99 Å². The third kappa shape index (κ3) is 4.23. The van der Waals surface area contributed by atoms with Crippen molar-refractivity contribution in [2.45, 2.75) is 12.6 Å². The molecule has 0 saturated carbocycles. The standard InChI is InChI=1S/C24H26ClN6O4/c1-27-21-20(23(33)28(2)24(27)34)31(14-16-6-3-4-7-17(16)25)19(26-21)15-29-9-11-30(12-10-29)22(32)18-8-5-13-35-18/h3-8,13,20H,9-12,14-15H2,1-2H3/q+1. The predicted molar refractivity (Wildman–Crippen MR) is 129 cm³/mol. The van der Waals surface area contributed by atoms with E-state index in [2.05, 4.69) is 4.90 Å². The molecule has 2 fully saturated rings. The van der Waals surface area contributed by atoms with Crippen molar-refractivity contribution < 1.29 is 23.4 Å². The Hall–Kier alpha value is -3.50. The van der Waals surface area contributed by atoms with Gasteiger partial charge in [0.1, 0.15) is 13.1 Å². The van der Waals surface area contributed by atoms with Crippen LogP contribution in [0.25, 0.3) is 0 Å². The number of hydrogen-bond acceptors (Lipinski definition) is 6. The van der Waals surface area contributed by atoms with Crippen LogP contribution in [0.3, 0.4) is 0 Å². The summed E-state index contributed by atoms with van der Waals surface area (Å²) in [5, 5.41) is 0.603. The number of rotatable bonds is 5. The SMILES string of the molecule is CN1C(=O)C2C(=NC(CN3CCN(C(=O)c4ccco4)CC3)=[N+]2Cc2ccccc2Cl)N(C)C1=O. The van der Waals surface area contributed by atoms with Gasteiger partial charge >= 0.3 is 11.9 Å². The highest BCUT2D eigenvalue weighted by Crippen LogP contribution is 2.24. The second kappa shape index (κ2) is 9.27. The second-order valence-corrected chi connectivity index (χ2v) is 9.20. The second-order valence-electron chi connectivity index (χ2n) is 8.79. The highest BCUT2D eigenvalue weighted by atomic mass is 35.5. The highest BCUT2D eigenvalue weighted by Gasteiger charge is 2.53. The topological polar surface area (TPSA) is 92.7 Å². The fourth-order valence-corrected chi connectivity index (χ4v) is 4.83. The van der Waals surface area contributed by atoms with Gasteiger partial charge in [-0.2, -0.15) is 0 Å². The summed E-state index contributed by atoms with van der Waals surface area (Å²) in [6, 6.07) is 9.75. The molecule has 1 unspecified atom stereocenters. The number of imide groups is 1. The van der Waals surface area contributed by atoms with Crippen LogP contribution in [-0.2, 0) is 11.3 Å². The molecule has 3 aliphatic heterocycles. The Morgan fingerprint density at radius 1 is 1.09 bits per heavy atom. The molecule has 3 aliphatic rings. The zero-order valence-electron chi connectivity index (χ0n) is 19.6. The van der Waals surface area contributed by atoms with Gasteiger partial charge in [0.25, 0.3) is 23.7 Å². The van der Waals surface area contributed by atoms with Crippen LogP contribution < -0.4 is 0 Å². The van der Waals surface area contributed by atoms with Gasteiger partial charge in [-0.15, -0.1) is 0 Å². The van der Waals surface area contributed by atoms with Gasteiger partial charge in [0.15, 0.2) is 5.76 Å². The number of aliphatic imine (C=N–C) groups is 1. The summed E-state index contributed by atoms with van der Waals surface area (Å²) in [5.41, 5.74) is 0.868. The molecule has 2 saturated heterocycles. The van der Waals surface area contributed by atoms with E-state index in [0.29, 0.717) is 61.7 Å². The summed E-state index contributed by atoms with van der Waals surface area (Å²) >= 11 is 6.43. The van der Waals surface area contributed by atoms with Crippen LogP contribution in [0.15, 0.2) is 52.1 Å². The van der Waals surface area contributed by atoms with E-state index >= 15 is 0 Å². The summed E-state index contributed by atoms with van der Waals surface area (Å²) in [6.45, 7) is 3.26. The number of piperazine rings is 1. The number of hydrogen-bond donors (Lipinski definition) is 0. The van der Waals surface area contributed by atoms with Crippen molar-refractivity contribution in [1.82, 2.24) is 19.6 Å². The molecule has 4 amide bonds. The van der Waals surface area contributed by atoms with Crippen LogP contribution in [0.1, 0.15) is 16.1 Å². The highest BCUT2D eigenvalue weighted by molar-refractivity contribution is 6.31. The zero-order chi connectivity index (χ0) is 24.7. The summed E-state index contributed by atoms with van der Waals surface area (Å²) < 4.78 is 7.17. The third-order valence-corrected chi connectivity index (χ3v) is 7.04. The number of nitrogens with zero attached hydrogens (tertiary/aromatic N) is 6. The first-order valence-corrected chi connectivity index (χ1v) is 11.8. The number of carbonyl (C=O) groups excluding carboxylic acids is 3. The molecule has 1 aromatic heterocycles. The Kier molecular flexibility index (Phi) is 6.16. The normalized spacial score (nSPS) is 21.1. The molecule has 0 spiro atoms. The summed E-state index contributed by atoms with van der Waals surface area (Å²) in [6.07, 6.45) is 1.49. The van der Waals surface area contributed by atoms with E-state index in [1.807, 2.05) is 28.8 Å². The largest absolute Gasteiger partial charge is 0.459 e. The molecule has 0 aliphatic carbocycles. The molecule has 2 aromatic rings. The fourth-order valence-electron chi connectivity index (χ4n) is 4.63. The van der Waals surface area contributed by atoms with Gasteiger partial charge in [0, 0.05) is 50.9 Å². The van der Waals surface area contributed by atoms with E-state index in [-0.39, 0.29) is 11.8 Å². The maximum Gasteiger partial charge on any atom is 0.333 e. The number of halogens is 1. The Morgan fingerprint density at radius 2 is 1.83 bits per heavy atom. The first kappa shape index (κ1) is 23.3. The lowest BCUT2D eigenvalue weighted by Crippen LogP contribution is -2.61. The van der Waals surface area contributed by atoms with Crippen LogP contribution in [-0.4, -0.2) is 107 Å². The molecule has 182 valence electrons. The van der Waals surface area contributed by atoms with E-state index in [0.717, 1.165) is 10.5 Å². The van der Waals surface area contributed by atoms with Crippen molar-refractivity contribution in [3.05, 3.63) is 59.0 Å². The maximum atomic E-state index is 13.2. The lowest BCUT2D eigenvalue weighted by atomic mass is 10.1. The van der Waals surface area contributed by atoms with Crippen LogP contribution in [0, 0.1) is 0 Å². The van der Waals surface area contributed by atoms with Gasteiger partial charge in [-0.05, 0) is 23.2 Å². The van der Waals surface area contributed by atoms with Crippen molar-refractivity contribution >= 4 is 41.1 Å². The minimum atomic E-state index is -0.698. The van der Waals surface area contributed by atoms with Crippen LogP contribution >= 0.6 is 11.6 Å². The first-order valence-electron chi connectivity index (χ1n) is 11.4. The fraction of sp³-hybridized carbons (Fsp3) is 0.375. The minimum absolute atomic E-state index is 0.122. The number of carbonyl (C=O) groups is 3. The molecule has 10 nitrogen and oxygen atoms in total. The van der Waals surface area contributed by atoms with Gasteiger partial charge in [-0.1, -0.05) is 29.8 Å². The van der Waals surface area contributed by atoms with E-state index in [1.54, 1.807) is 24.1 Å². The summed E-state index contributed by atoms with van der Waals surface area (Å²) in [7, 11) is 3.12. The monoisotopic (exact) mass is 497 g/mol. The smallest absolute Gasteiger partial charge is 0.333 e. The molecule has 4 heterocycles. The van der Waals surface area contributed by atoms with Crippen molar-refractivity contribution in [3.63, 3.8) is 0 Å². The van der Waals surface area contributed by atoms with Crippen LogP contribution in [0.2, 0.25) is 5.02 Å². The zero-order valence-corrected chi connectivity index (χ0v) is 20.3. The molecular formula is C24H26ClN6O4+. The Balaban J connectivity index is 1.38. The minimum Gasteiger partial charge on any atom is -0.459 e. The quantitative estimate of drug-likeness (QED) is 0.585. The average molecular weight is 498 g/mol. The number of amides is 4. The van der Waals surface area contributed by atoms with Crippen molar-refractivity contribution in [1.29, 1.82) is 0 Å². The summed E-state index contributed by atoms with van der Waals surface area (Å²) in [4.78, 5) is 49.6. The number of furan rings is 1. The molecular weight excluding hydrogens is 472 g/mol. The van der Waals surface area contributed by atoms with Gasteiger partial charge in [-0.25, -0.2) is 9.37 Å². The van der Waals surface area contributed by atoms with Gasteiger partial charge in [-0.3, -0.25) is 24.3 Å². The lowest BCUT2D eigenvalue weighted by Gasteiger charge is -2.33.